The first-order valence-electron chi connectivity index (χ1n) is 10.0. The van der Waals surface area contributed by atoms with Crippen LogP contribution in [0.1, 0.15) is 30.1 Å². The Hall–Kier alpha value is -1.40. The van der Waals surface area contributed by atoms with Crippen molar-refractivity contribution in [2.45, 2.75) is 25.7 Å². The second-order valence-electron chi connectivity index (χ2n) is 7.67. The number of aryl methyl sites for hydroxylation is 1. The van der Waals surface area contributed by atoms with Crippen molar-refractivity contribution in [1.29, 1.82) is 0 Å². The number of nitrogens with zero attached hydrogens (tertiary/aromatic N) is 4. The van der Waals surface area contributed by atoms with Crippen LogP contribution in [0.25, 0.3) is 5.69 Å². The lowest BCUT2D eigenvalue weighted by molar-refractivity contribution is 0.0320. The van der Waals surface area contributed by atoms with Gasteiger partial charge in [-0.25, -0.2) is 4.68 Å². The number of rotatable bonds is 5. The van der Waals surface area contributed by atoms with Crippen LogP contribution >= 0.6 is 11.6 Å². The predicted molar refractivity (Wildman–Crippen MR) is 109 cm³/mol. The average Bonchev–Trinajstić information content (AvgIpc) is 3.10. The molecule has 0 radical (unpaired) electrons. The van der Waals surface area contributed by atoms with Gasteiger partial charge in [-0.1, -0.05) is 11.6 Å². The first-order valence-corrected chi connectivity index (χ1v) is 10.4. The molecule has 0 aliphatic carbocycles. The second kappa shape index (κ2) is 8.74. The van der Waals surface area contributed by atoms with Gasteiger partial charge in [0, 0.05) is 42.8 Å². The Kier molecular flexibility index (Phi) is 6.13. The molecule has 2 fully saturated rings. The van der Waals surface area contributed by atoms with Crippen LogP contribution in [0.4, 0.5) is 0 Å². The molecule has 4 rings (SSSR count). The lowest BCUT2D eigenvalue weighted by Crippen LogP contribution is -2.43. The third-order valence-corrected chi connectivity index (χ3v) is 6.07. The molecule has 0 N–H and O–H groups in total. The molecule has 0 amide bonds. The van der Waals surface area contributed by atoms with E-state index in [1.54, 1.807) is 0 Å². The summed E-state index contributed by atoms with van der Waals surface area (Å²) in [7, 11) is 0. The maximum atomic E-state index is 6.01. The van der Waals surface area contributed by atoms with E-state index in [2.05, 4.69) is 22.8 Å². The maximum absolute atomic E-state index is 6.01. The van der Waals surface area contributed by atoms with Crippen molar-refractivity contribution in [3.05, 3.63) is 46.7 Å². The summed E-state index contributed by atoms with van der Waals surface area (Å²) < 4.78 is 7.47. The van der Waals surface area contributed by atoms with E-state index in [4.69, 9.17) is 21.4 Å². The molecule has 3 heterocycles. The molecule has 0 saturated carbocycles. The van der Waals surface area contributed by atoms with Gasteiger partial charge in [-0.15, -0.1) is 0 Å². The summed E-state index contributed by atoms with van der Waals surface area (Å²) in [6.07, 6.45) is 2.39. The van der Waals surface area contributed by atoms with E-state index < -0.39 is 0 Å². The van der Waals surface area contributed by atoms with Crippen LogP contribution in [0.5, 0.6) is 0 Å². The van der Waals surface area contributed by atoms with Crippen molar-refractivity contribution in [1.82, 2.24) is 19.6 Å². The van der Waals surface area contributed by atoms with Gasteiger partial charge in [-0.05, 0) is 63.2 Å². The topological polar surface area (TPSA) is 33.5 Å². The van der Waals surface area contributed by atoms with E-state index in [1.165, 1.54) is 50.4 Å². The number of likely N-dealkylation sites (tertiary alicyclic amines) is 1. The van der Waals surface area contributed by atoms with Crippen molar-refractivity contribution in [2.75, 3.05) is 52.5 Å². The molecule has 1 aromatic carbocycles. The Morgan fingerprint density at radius 3 is 2.30 bits per heavy atom. The SMILES string of the molecule is Cc1cc(C2CCN(CCN3CCOCC3)CC2)nn1-c1ccc(Cl)cc1. The van der Waals surface area contributed by atoms with Gasteiger partial charge in [0.1, 0.15) is 0 Å². The molecule has 27 heavy (non-hydrogen) atoms. The van der Waals surface area contributed by atoms with Crippen LogP contribution in [-0.2, 0) is 4.74 Å². The number of aromatic nitrogens is 2. The van der Waals surface area contributed by atoms with Gasteiger partial charge < -0.3 is 9.64 Å². The number of halogens is 1. The summed E-state index contributed by atoms with van der Waals surface area (Å²) in [5, 5.41) is 5.67. The second-order valence-corrected chi connectivity index (χ2v) is 8.11. The lowest BCUT2D eigenvalue weighted by Gasteiger charge is -2.34. The molecule has 2 saturated heterocycles. The Bertz CT molecular complexity index is 731. The zero-order chi connectivity index (χ0) is 18.6. The molecule has 146 valence electrons. The zero-order valence-corrected chi connectivity index (χ0v) is 16.9. The van der Waals surface area contributed by atoms with Crippen LogP contribution in [0.2, 0.25) is 5.02 Å². The summed E-state index contributed by atoms with van der Waals surface area (Å²) in [4.78, 5) is 5.13. The summed E-state index contributed by atoms with van der Waals surface area (Å²) in [6.45, 7) is 10.7. The first kappa shape index (κ1) is 18.9. The predicted octanol–water partition coefficient (Wildman–Crippen LogP) is 3.35. The fourth-order valence-electron chi connectivity index (χ4n) is 4.10. The number of morpholine rings is 1. The summed E-state index contributed by atoms with van der Waals surface area (Å²) in [6, 6.07) is 10.2. The highest BCUT2D eigenvalue weighted by Crippen LogP contribution is 2.28. The molecular weight excluding hydrogens is 360 g/mol. The van der Waals surface area contributed by atoms with Crippen molar-refractivity contribution in [2.24, 2.45) is 0 Å². The highest BCUT2D eigenvalue weighted by atomic mass is 35.5. The average molecular weight is 389 g/mol. The summed E-state index contributed by atoms with van der Waals surface area (Å²) in [5.41, 5.74) is 3.49. The first-order chi connectivity index (χ1) is 13.2. The van der Waals surface area contributed by atoms with Gasteiger partial charge in [0.2, 0.25) is 0 Å². The largest absolute Gasteiger partial charge is 0.379 e. The zero-order valence-electron chi connectivity index (χ0n) is 16.1. The van der Waals surface area contributed by atoms with Crippen molar-refractivity contribution < 1.29 is 4.74 Å². The number of ether oxygens (including phenoxy) is 1. The molecule has 0 spiro atoms. The number of hydrogen-bond acceptors (Lipinski definition) is 4. The molecule has 6 heteroatoms. The van der Waals surface area contributed by atoms with Crippen molar-refractivity contribution in [3.63, 3.8) is 0 Å². The van der Waals surface area contributed by atoms with E-state index >= 15 is 0 Å². The minimum absolute atomic E-state index is 0.567. The molecule has 2 aliphatic rings. The number of benzene rings is 1. The van der Waals surface area contributed by atoms with Gasteiger partial charge in [-0.2, -0.15) is 5.10 Å². The van der Waals surface area contributed by atoms with Crippen LogP contribution in [0.3, 0.4) is 0 Å². The molecule has 0 atom stereocenters. The molecule has 5 nitrogen and oxygen atoms in total. The van der Waals surface area contributed by atoms with Crippen molar-refractivity contribution >= 4 is 11.6 Å². The van der Waals surface area contributed by atoms with Crippen LogP contribution in [0, 0.1) is 6.92 Å². The van der Waals surface area contributed by atoms with Gasteiger partial charge in [0.25, 0.3) is 0 Å². The summed E-state index contributed by atoms with van der Waals surface area (Å²) in [5.74, 6) is 0.567. The van der Waals surface area contributed by atoms with Crippen LogP contribution < -0.4 is 0 Å². The molecule has 2 aromatic rings. The third-order valence-electron chi connectivity index (χ3n) is 5.82. The van der Waals surface area contributed by atoms with E-state index in [1.807, 2.05) is 28.9 Å². The third kappa shape index (κ3) is 4.72. The molecule has 1 aromatic heterocycles. The normalized spacial score (nSPS) is 20.2. The van der Waals surface area contributed by atoms with E-state index in [0.717, 1.165) is 37.0 Å². The maximum Gasteiger partial charge on any atom is 0.0663 e. The number of piperidine rings is 1. The van der Waals surface area contributed by atoms with Gasteiger partial charge >= 0.3 is 0 Å². The lowest BCUT2D eigenvalue weighted by atomic mass is 9.93. The van der Waals surface area contributed by atoms with Gasteiger partial charge in [-0.3, -0.25) is 4.90 Å². The Morgan fingerprint density at radius 2 is 1.63 bits per heavy atom. The minimum Gasteiger partial charge on any atom is -0.379 e. The summed E-state index contributed by atoms with van der Waals surface area (Å²) >= 11 is 6.01. The fraction of sp³-hybridized carbons (Fsp3) is 0.571. The van der Waals surface area contributed by atoms with Crippen LogP contribution in [0.15, 0.2) is 30.3 Å². The van der Waals surface area contributed by atoms with Crippen LogP contribution in [-0.4, -0.2) is 72.1 Å². The Labute approximate surface area is 166 Å². The van der Waals surface area contributed by atoms with E-state index in [-0.39, 0.29) is 0 Å². The molecule has 0 unspecified atom stereocenters. The Morgan fingerprint density at radius 1 is 1.00 bits per heavy atom. The van der Waals surface area contributed by atoms with E-state index in [0.29, 0.717) is 5.92 Å². The highest BCUT2D eigenvalue weighted by molar-refractivity contribution is 6.30. The monoisotopic (exact) mass is 388 g/mol. The van der Waals surface area contributed by atoms with Crippen molar-refractivity contribution in [3.8, 4) is 5.69 Å². The molecule has 0 bridgehead atoms. The minimum atomic E-state index is 0.567. The molecule has 2 aliphatic heterocycles. The van der Waals surface area contributed by atoms with Gasteiger partial charge in [0.15, 0.2) is 0 Å². The smallest absolute Gasteiger partial charge is 0.0663 e. The highest BCUT2D eigenvalue weighted by Gasteiger charge is 2.24. The number of hydrogen-bond donors (Lipinski definition) is 0. The van der Waals surface area contributed by atoms with E-state index in [9.17, 15) is 0 Å². The quantitative estimate of drug-likeness (QED) is 0.786. The fourth-order valence-corrected chi connectivity index (χ4v) is 4.23. The standard InChI is InChI=1S/C21H29ClN4O/c1-17-16-21(23-26(17)20-4-2-19(22)3-5-20)18-6-8-24(9-7-18)10-11-25-12-14-27-15-13-25/h2-5,16,18H,6-15H2,1H3. The Balaban J connectivity index is 1.31. The van der Waals surface area contributed by atoms with Gasteiger partial charge in [0.05, 0.1) is 24.6 Å². The molecular formula is C21H29ClN4O.